The summed E-state index contributed by atoms with van der Waals surface area (Å²) < 4.78 is 0. The van der Waals surface area contributed by atoms with E-state index in [1.54, 1.807) is 6.92 Å². The fraction of sp³-hybridized carbons (Fsp3) is 0.562. The van der Waals surface area contributed by atoms with E-state index in [1.807, 2.05) is 38.1 Å². The van der Waals surface area contributed by atoms with E-state index in [4.69, 9.17) is 11.6 Å². The summed E-state index contributed by atoms with van der Waals surface area (Å²) in [5, 5.41) is 13.7. The molecule has 2 rings (SSSR count). The SMILES string of the molecule is CC(C)C(C)(O)CNC(=O)C1CC1c1cccc(Cl)c1. The maximum Gasteiger partial charge on any atom is 0.223 e. The van der Waals surface area contributed by atoms with Crippen LogP contribution in [0.2, 0.25) is 5.02 Å². The first-order valence-electron chi connectivity index (χ1n) is 7.07. The van der Waals surface area contributed by atoms with Crippen molar-refractivity contribution in [2.24, 2.45) is 11.8 Å². The van der Waals surface area contributed by atoms with Crippen LogP contribution in [-0.4, -0.2) is 23.2 Å². The monoisotopic (exact) mass is 295 g/mol. The summed E-state index contributed by atoms with van der Waals surface area (Å²) in [6, 6.07) is 7.68. The molecule has 1 aliphatic carbocycles. The molecule has 20 heavy (non-hydrogen) atoms. The lowest BCUT2D eigenvalue weighted by Gasteiger charge is -2.27. The maximum absolute atomic E-state index is 12.1. The van der Waals surface area contributed by atoms with Gasteiger partial charge >= 0.3 is 0 Å². The highest BCUT2D eigenvalue weighted by Crippen LogP contribution is 2.47. The summed E-state index contributed by atoms with van der Waals surface area (Å²) >= 11 is 5.97. The van der Waals surface area contributed by atoms with E-state index < -0.39 is 5.60 Å². The number of aliphatic hydroxyl groups is 1. The van der Waals surface area contributed by atoms with Gasteiger partial charge in [0, 0.05) is 17.5 Å². The average molecular weight is 296 g/mol. The van der Waals surface area contributed by atoms with E-state index >= 15 is 0 Å². The van der Waals surface area contributed by atoms with Crippen LogP contribution in [0, 0.1) is 11.8 Å². The standard InChI is InChI=1S/C16H22ClNO2/c1-10(2)16(3,20)9-18-15(19)14-8-13(14)11-5-4-6-12(17)7-11/h4-7,10,13-14,20H,8-9H2,1-3H3,(H,18,19). The third kappa shape index (κ3) is 3.53. The van der Waals surface area contributed by atoms with Crippen LogP contribution < -0.4 is 5.32 Å². The Morgan fingerprint density at radius 3 is 2.85 bits per heavy atom. The zero-order valence-corrected chi connectivity index (χ0v) is 12.9. The fourth-order valence-electron chi connectivity index (χ4n) is 2.19. The lowest BCUT2D eigenvalue weighted by molar-refractivity contribution is -0.124. The second-order valence-corrected chi connectivity index (χ2v) is 6.67. The molecule has 0 saturated heterocycles. The Morgan fingerprint density at radius 2 is 2.25 bits per heavy atom. The second-order valence-electron chi connectivity index (χ2n) is 6.23. The predicted octanol–water partition coefficient (Wildman–Crippen LogP) is 2.97. The molecule has 2 N–H and O–H groups in total. The molecule has 1 aliphatic rings. The minimum Gasteiger partial charge on any atom is -0.388 e. The molecule has 0 radical (unpaired) electrons. The quantitative estimate of drug-likeness (QED) is 0.877. The first-order chi connectivity index (χ1) is 9.31. The number of hydrogen-bond acceptors (Lipinski definition) is 2. The molecular weight excluding hydrogens is 274 g/mol. The van der Waals surface area contributed by atoms with Gasteiger partial charge in [-0.3, -0.25) is 4.79 Å². The Morgan fingerprint density at radius 1 is 1.55 bits per heavy atom. The summed E-state index contributed by atoms with van der Waals surface area (Å²) in [6.45, 7) is 5.93. The third-order valence-electron chi connectivity index (χ3n) is 4.27. The molecule has 4 heteroatoms. The van der Waals surface area contributed by atoms with Gasteiger partial charge in [-0.2, -0.15) is 0 Å². The van der Waals surface area contributed by atoms with Crippen LogP contribution in [0.15, 0.2) is 24.3 Å². The topological polar surface area (TPSA) is 49.3 Å². The Hall–Kier alpha value is -1.06. The molecule has 0 bridgehead atoms. The normalized spacial score (nSPS) is 24.3. The Bertz CT molecular complexity index is 499. The highest BCUT2D eigenvalue weighted by molar-refractivity contribution is 6.30. The molecule has 0 spiro atoms. The average Bonchev–Trinajstić information content (AvgIpc) is 3.16. The molecule has 3 unspecified atom stereocenters. The Balaban J connectivity index is 1.88. The number of halogens is 1. The van der Waals surface area contributed by atoms with E-state index in [1.165, 1.54) is 0 Å². The molecule has 0 aromatic heterocycles. The molecule has 0 aliphatic heterocycles. The number of rotatable bonds is 5. The number of benzene rings is 1. The van der Waals surface area contributed by atoms with Crippen molar-refractivity contribution in [1.29, 1.82) is 0 Å². The van der Waals surface area contributed by atoms with Gasteiger partial charge in [0.1, 0.15) is 0 Å². The van der Waals surface area contributed by atoms with Crippen molar-refractivity contribution < 1.29 is 9.90 Å². The van der Waals surface area contributed by atoms with Crippen LogP contribution in [0.25, 0.3) is 0 Å². The number of amides is 1. The number of carbonyl (C=O) groups excluding carboxylic acids is 1. The minimum atomic E-state index is -0.865. The maximum atomic E-state index is 12.1. The van der Waals surface area contributed by atoms with Crippen molar-refractivity contribution in [2.75, 3.05) is 6.54 Å². The van der Waals surface area contributed by atoms with Crippen LogP contribution in [0.3, 0.4) is 0 Å². The lowest BCUT2D eigenvalue weighted by Crippen LogP contribution is -2.44. The van der Waals surface area contributed by atoms with Gasteiger partial charge in [-0.1, -0.05) is 37.6 Å². The molecule has 1 aromatic carbocycles. The van der Waals surface area contributed by atoms with Crippen LogP contribution >= 0.6 is 11.6 Å². The first kappa shape index (κ1) is 15.3. The van der Waals surface area contributed by atoms with Crippen molar-refractivity contribution in [2.45, 2.75) is 38.7 Å². The fourth-order valence-corrected chi connectivity index (χ4v) is 2.39. The number of nitrogens with one attached hydrogen (secondary N) is 1. The molecule has 1 aromatic rings. The molecule has 1 saturated carbocycles. The summed E-state index contributed by atoms with van der Waals surface area (Å²) in [7, 11) is 0. The van der Waals surface area contributed by atoms with Crippen molar-refractivity contribution in [3.63, 3.8) is 0 Å². The zero-order valence-electron chi connectivity index (χ0n) is 12.2. The van der Waals surface area contributed by atoms with E-state index in [-0.39, 0.29) is 23.7 Å². The van der Waals surface area contributed by atoms with Crippen LogP contribution in [0.4, 0.5) is 0 Å². The number of hydrogen-bond donors (Lipinski definition) is 2. The van der Waals surface area contributed by atoms with Crippen molar-refractivity contribution in [3.8, 4) is 0 Å². The van der Waals surface area contributed by atoms with Crippen molar-refractivity contribution in [3.05, 3.63) is 34.9 Å². The second kappa shape index (κ2) is 5.74. The van der Waals surface area contributed by atoms with Crippen molar-refractivity contribution in [1.82, 2.24) is 5.32 Å². The van der Waals surface area contributed by atoms with Gasteiger partial charge in [-0.05, 0) is 42.9 Å². The molecule has 1 amide bonds. The van der Waals surface area contributed by atoms with Crippen LogP contribution in [-0.2, 0) is 4.79 Å². The lowest BCUT2D eigenvalue weighted by atomic mass is 9.92. The Labute approximate surface area is 125 Å². The van der Waals surface area contributed by atoms with Gasteiger partial charge in [0.15, 0.2) is 0 Å². The molecule has 3 nitrogen and oxygen atoms in total. The first-order valence-corrected chi connectivity index (χ1v) is 7.44. The van der Waals surface area contributed by atoms with Crippen LogP contribution in [0.5, 0.6) is 0 Å². The van der Waals surface area contributed by atoms with Gasteiger partial charge in [-0.25, -0.2) is 0 Å². The molecule has 3 atom stereocenters. The van der Waals surface area contributed by atoms with Gasteiger partial charge in [0.05, 0.1) is 5.60 Å². The van der Waals surface area contributed by atoms with E-state index in [2.05, 4.69) is 5.32 Å². The summed E-state index contributed by atoms with van der Waals surface area (Å²) in [6.07, 6.45) is 0.857. The Kier molecular flexibility index (Phi) is 4.40. The van der Waals surface area contributed by atoms with Gasteiger partial charge in [0.2, 0.25) is 5.91 Å². The van der Waals surface area contributed by atoms with Gasteiger partial charge < -0.3 is 10.4 Å². The summed E-state index contributed by atoms with van der Waals surface area (Å²) in [5.41, 5.74) is 0.254. The number of carbonyl (C=O) groups is 1. The molecule has 110 valence electrons. The largest absolute Gasteiger partial charge is 0.388 e. The smallest absolute Gasteiger partial charge is 0.223 e. The van der Waals surface area contributed by atoms with E-state index in [0.717, 1.165) is 12.0 Å². The van der Waals surface area contributed by atoms with Crippen LogP contribution in [0.1, 0.15) is 38.7 Å². The van der Waals surface area contributed by atoms with Gasteiger partial charge in [0.25, 0.3) is 0 Å². The summed E-state index contributed by atoms with van der Waals surface area (Å²) in [4.78, 5) is 12.1. The van der Waals surface area contributed by atoms with Crippen molar-refractivity contribution >= 4 is 17.5 Å². The molecule has 1 fully saturated rings. The minimum absolute atomic E-state index is 0.0106. The predicted molar refractivity (Wildman–Crippen MR) is 80.8 cm³/mol. The molecule has 0 heterocycles. The van der Waals surface area contributed by atoms with E-state index in [0.29, 0.717) is 11.6 Å². The van der Waals surface area contributed by atoms with Gasteiger partial charge in [-0.15, -0.1) is 0 Å². The zero-order chi connectivity index (χ0) is 14.9. The summed E-state index contributed by atoms with van der Waals surface area (Å²) in [5.74, 6) is 0.399. The highest BCUT2D eigenvalue weighted by Gasteiger charge is 2.44. The third-order valence-corrected chi connectivity index (χ3v) is 4.50. The van der Waals surface area contributed by atoms with E-state index in [9.17, 15) is 9.90 Å². The highest BCUT2D eigenvalue weighted by atomic mass is 35.5. The molecular formula is C16H22ClNO2.